The summed E-state index contributed by atoms with van der Waals surface area (Å²) in [6.45, 7) is 0.117. The number of nitrogens with one attached hydrogen (secondary N) is 1. The number of aliphatic hydroxyl groups is 1. The molecule has 2 heterocycles. The summed E-state index contributed by atoms with van der Waals surface area (Å²) in [5.41, 5.74) is -0.519. The number of amides is 4. The Morgan fingerprint density at radius 1 is 1.07 bits per heavy atom. The van der Waals surface area contributed by atoms with E-state index in [1.807, 2.05) is 0 Å². The van der Waals surface area contributed by atoms with Crippen LogP contribution in [-0.2, 0) is 19.1 Å². The van der Waals surface area contributed by atoms with Gasteiger partial charge in [-0.1, -0.05) is 0 Å². The largest absolute Gasteiger partial charge is 0.465 e. The number of carbonyl (C=O) groups is 4. The summed E-state index contributed by atoms with van der Waals surface area (Å²) < 4.78 is 4.80. The Labute approximate surface area is 168 Å². The SMILES string of the molecule is COC(=O)[C@@H]1C[C@H](O)C[NH+]1CN1C(=O)C(=O)N(C23CC4CC(CC(C4)C2)C3)C1=O. The highest BCUT2D eigenvalue weighted by Crippen LogP contribution is 2.58. The van der Waals surface area contributed by atoms with Crippen molar-refractivity contribution < 1.29 is 33.9 Å². The molecular formula is C20H28N3O6+. The van der Waals surface area contributed by atoms with Gasteiger partial charge in [-0.3, -0.25) is 9.59 Å². The third-order valence-corrected chi connectivity index (χ3v) is 7.88. The first-order valence-corrected chi connectivity index (χ1v) is 10.6. The summed E-state index contributed by atoms with van der Waals surface area (Å²) in [7, 11) is 1.27. The minimum absolute atomic E-state index is 0.108. The van der Waals surface area contributed by atoms with Crippen molar-refractivity contribution >= 4 is 23.8 Å². The maximum Gasteiger partial charge on any atom is 0.364 e. The molecule has 4 aliphatic carbocycles. The summed E-state index contributed by atoms with van der Waals surface area (Å²) in [5.74, 6) is -0.425. The molecule has 158 valence electrons. The number of imide groups is 2. The van der Waals surface area contributed by atoms with Crippen molar-refractivity contribution in [3.8, 4) is 0 Å². The predicted molar refractivity (Wildman–Crippen MR) is 97.1 cm³/mol. The zero-order valence-corrected chi connectivity index (χ0v) is 16.6. The van der Waals surface area contributed by atoms with Gasteiger partial charge < -0.3 is 14.7 Å². The maximum atomic E-state index is 13.3. The van der Waals surface area contributed by atoms with Crippen LogP contribution in [0, 0.1) is 17.8 Å². The van der Waals surface area contributed by atoms with Gasteiger partial charge in [-0.15, -0.1) is 0 Å². The van der Waals surface area contributed by atoms with Gasteiger partial charge >= 0.3 is 23.8 Å². The predicted octanol–water partition coefficient (Wildman–Crippen LogP) is -1.11. The molecule has 4 amide bonds. The lowest BCUT2D eigenvalue weighted by molar-refractivity contribution is -0.912. The molecule has 9 nitrogen and oxygen atoms in total. The average molecular weight is 406 g/mol. The molecule has 6 rings (SSSR count). The number of urea groups is 1. The fourth-order valence-corrected chi connectivity index (χ4v) is 7.15. The van der Waals surface area contributed by atoms with Gasteiger partial charge in [0.2, 0.25) is 0 Å². The van der Waals surface area contributed by atoms with Crippen LogP contribution >= 0.6 is 0 Å². The van der Waals surface area contributed by atoms with E-state index in [9.17, 15) is 24.3 Å². The Morgan fingerprint density at radius 3 is 2.21 bits per heavy atom. The first kappa shape index (κ1) is 19.0. The molecule has 4 saturated carbocycles. The highest BCUT2D eigenvalue weighted by atomic mass is 16.5. The number of carbonyl (C=O) groups excluding carboxylic acids is 4. The van der Waals surface area contributed by atoms with E-state index in [-0.39, 0.29) is 19.6 Å². The maximum absolute atomic E-state index is 13.3. The van der Waals surface area contributed by atoms with Crippen LogP contribution in [0.15, 0.2) is 0 Å². The van der Waals surface area contributed by atoms with Crippen LogP contribution in [0.4, 0.5) is 4.79 Å². The van der Waals surface area contributed by atoms with Gasteiger partial charge in [-0.2, -0.15) is 0 Å². The summed E-state index contributed by atoms with van der Waals surface area (Å²) in [6.07, 6.45) is 5.42. The smallest absolute Gasteiger partial charge is 0.364 e. The van der Waals surface area contributed by atoms with Crippen LogP contribution in [0.1, 0.15) is 44.9 Å². The molecule has 0 aromatic carbocycles. The van der Waals surface area contributed by atoms with Gasteiger partial charge in [0.05, 0.1) is 12.6 Å². The molecule has 2 saturated heterocycles. The number of methoxy groups -OCH3 is 1. The van der Waals surface area contributed by atoms with Gasteiger partial charge in [-0.05, 0) is 56.3 Å². The van der Waals surface area contributed by atoms with Crippen LogP contribution in [0.25, 0.3) is 0 Å². The molecule has 6 aliphatic rings. The molecule has 3 atom stereocenters. The second kappa shape index (κ2) is 6.50. The number of nitrogens with zero attached hydrogens (tertiary/aromatic N) is 2. The average Bonchev–Trinajstić information content (AvgIpc) is 3.13. The molecule has 9 heteroatoms. The molecule has 2 N–H and O–H groups in total. The van der Waals surface area contributed by atoms with Crippen molar-refractivity contribution in [3.63, 3.8) is 0 Å². The number of aliphatic hydroxyl groups excluding tert-OH is 1. The van der Waals surface area contributed by atoms with E-state index < -0.39 is 41.5 Å². The highest BCUT2D eigenvalue weighted by molar-refractivity contribution is 6.44. The number of esters is 1. The third-order valence-electron chi connectivity index (χ3n) is 7.88. The Kier molecular flexibility index (Phi) is 4.26. The molecule has 2 aliphatic heterocycles. The van der Waals surface area contributed by atoms with Crippen LogP contribution < -0.4 is 4.90 Å². The fourth-order valence-electron chi connectivity index (χ4n) is 7.15. The lowest BCUT2D eigenvalue weighted by Crippen LogP contribution is -3.16. The number of hydrogen-bond donors (Lipinski definition) is 2. The minimum Gasteiger partial charge on any atom is -0.465 e. The molecule has 0 radical (unpaired) electrons. The molecular weight excluding hydrogens is 378 g/mol. The number of ether oxygens (including phenoxy) is 1. The van der Waals surface area contributed by atoms with E-state index in [1.165, 1.54) is 31.3 Å². The first-order chi connectivity index (χ1) is 13.8. The quantitative estimate of drug-likeness (QED) is 0.348. The Hall–Kier alpha value is -2.00. The summed E-state index contributed by atoms with van der Waals surface area (Å²) >= 11 is 0. The van der Waals surface area contributed by atoms with Crippen molar-refractivity contribution in [2.75, 3.05) is 20.3 Å². The Balaban J connectivity index is 1.38. The topological polar surface area (TPSA) is 109 Å². The number of likely N-dealkylation sites (tertiary alicyclic amines) is 1. The van der Waals surface area contributed by atoms with Gasteiger partial charge in [0, 0.05) is 6.42 Å². The Bertz CT molecular complexity index is 747. The van der Waals surface area contributed by atoms with Gasteiger partial charge in [-0.25, -0.2) is 19.4 Å². The molecule has 0 spiro atoms. The van der Waals surface area contributed by atoms with Gasteiger partial charge in [0.15, 0.2) is 12.7 Å². The van der Waals surface area contributed by atoms with Crippen LogP contribution in [0.3, 0.4) is 0 Å². The van der Waals surface area contributed by atoms with Crippen LogP contribution in [0.5, 0.6) is 0 Å². The zero-order valence-electron chi connectivity index (χ0n) is 16.6. The summed E-state index contributed by atoms with van der Waals surface area (Å²) in [5, 5.41) is 9.98. The van der Waals surface area contributed by atoms with Crippen molar-refractivity contribution in [1.29, 1.82) is 0 Å². The van der Waals surface area contributed by atoms with Crippen molar-refractivity contribution in [2.45, 2.75) is 62.6 Å². The lowest BCUT2D eigenvalue weighted by Gasteiger charge is -2.58. The zero-order chi connectivity index (χ0) is 20.5. The normalized spacial score (nSPS) is 43.6. The van der Waals surface area contributed by atoms with Crippen LogP contribution in [-0.4, -0.2) is 76.7 Å². The van der Waals surface area contributed by atoms with E-state index in [4.69, 9.17) is 4.74 Å². The van der Waals surface area contributed by atoms with E-state index in [1.54, 1.807) is 0 Å². The summed E-state index contributed by atoms with van der Waals surface area (Å²) in [6, 6.07) is -1.21. The van der Waals surface area contributed by atoms with Crippen LogP contribution in [0.2, 0.25) is 0 Å². The second-order valence-electron chi connectivity index (χ2n) is 9.78. The van der Waals surface area contributed by atoms with Gasteiger partial charge in [0.1, 0.15) is 12.6 Å². The fraction of sp³-hybridized carbons (Fsp3) is 0.800. The van der Waals surface area contributed by atoms with Gasteiger partial charge in [0.25, 0.3) is 0 Å². The molecule has 0 aromatic heterocycles. The van der Waals surface area contributed by atoms with Crippen molar-refractivity contribution in [1.82, 2.24) is 9.80 Å². The molecule has 6 fully saturated rings. The van der Waals surface area contributed by atoms with E-state index in [0.717, 1.165) is 24.2 Å². The second-order valence-corrected chi connectivity index (χ2v) is 9.78. The summed E-state index contributed by atoms with van der Waals surface area (Å²) in [4.78, 5) is 53.8. The van der Waals surface area contributed by atoms with Crippen molar-refractivity contribution in [3.05, 3.63) is 0 Å². The van der Waals surface area contributed by atoms with E-state index in [2.05, 4.69) is 0 Å². The molecule has 4 bridgehead atoms. The van der Waals surface area contributed by atoms with E-state index >= 15 is 0 Å². The minimum atomic E-state index is -0.816. The third kappa shape index (κ3) is 2.81. The lowest BCUT2D eigenvalue weighted by atomic mass is 9.52. The van der Waals surface area contributed by atoms with Crippen molar-refractivity contribution in [2.24, 2.45) is 17.8 Å². The number of hydrogen-bond acceptors (Lipinski definition) is 6. The standard InChI is InChI=1S/C20H27N3O6/c1-29-18(27)15-5-14(24)9-21(15)10-22-16(25)17(26)23(19(22)28)20-6-11-2-12(7-20)4-13(3-11)8-20/h11-15,24H,2-10H2,1H3/p+1/t11?,12?,13?,14-,15-,20?/m0/s1. The molecule has 1 unspecified atom stereocenters. The number of rotatable bonds is 4. The Morgan fingerprint density at radius 2 is 1.66 bits per heavy atom. The highest BCUT2D eigenvalue weighted by Gasteiger charge is 2.61. The number of quaternary nitrogens is 1. The molecule has 29 heavy (non-hydrogen) atoms. The monoisotopic (exact) mass is 406 g/mol. The molecule has 0 aromatic rings. The first-order valence-electron chi connectivity index (χ1n) is 10.6. The van der Waals surface area contributed by atoms with E-state index in [0.29, 0.717) is 22.7 Å².